The maximum atomic E-state index is 14.0. The lowest BCUT2D eigenvalue weighted by Gasteiger charge is -2.26. The minimum Gasteiger partial charge on any atom is -0.493 e. The standard InChI is InChI=1S/C32H29BrN2O8S/c1-6-41-25-15-22(33)21(14-24(25)40-5)28-27(31(39)42-7-2)17(4)34-32-35(28)29(36)26(44-32)13-18-11-12-23(43-18)19-9-8-10-20(16(19)3)30(37)38/h8-15,28H,6-7H2,1-5H3,(H,37,38)/b26-13+/t28-/m1/s1. The van der Waals surface area contributed by atoms with E-state index in [1.54, 1.807) is 63.2 Å². The lowest BCUT2D eigenvalue weighted by Crippen LogP contribution is -2.40. The maximum absolute atomic E-state index is 14.0. The van der Waals surface area contributed by atoms with Crippen molar-refractivity contribution in [3.63, 3.8) is 0 Å². The summed E-state index contributed by atoms with van der Waals surface area (Å²) in [6, 6.07) is 11.0. The summed E-state index contributed by atoms with van der Waals surface area (Å²) in [5, 5.41) is 9.51. The molecule has 1 aliphatic rings. The number of fused-ring (bicyclic) bond motifs is 1. The molecule has 1 N–H and O–H groups in total. The van der Waals surface area contributed by atoms with Gasteiger partial charge in [0.1, 0.15) is 11.5 Å². The Morgan fingerprint density at radius 2 is 1.91 bits per heavy atom. The molecule has 0 spiro atoms. The first kappa shape index (κ1) is 31.0. The van der Waals surface area contributed by atoms with Crippen molar-refractivity contribution >= 4 is 45.3 Å². The SMILES string of the molecule is CCOC(=O)C1=C(C)N=c2s/c(=C/c3ccc(-c4cccc(C(=O)O)c4C)o3)c(=O)n2[C@@H]1c1cc(OC)c(OCC)cc1Br. The first-order valence-electron chi connectivity index (χ1n) is 13.7. The summed E-state index contributed by atoms with van der Waals surface area (Å²) in [5.41, 5.74) is 2.24. The number of nitrogens with zero attached hydrogens (tertiary/aromatic N) is 2. The van der Waals surface area contributed by atoms with Crippen LogP contribution in [0.4, 0.5) is 0 Å². The molecule has 0 amide bonds. The van der Waals surface area contributed by atoms with E-state index in [9.17, 15) is 19.5 Å². The lowest BCUT2D eigenvalue weighted by atomic mass is 9.95. The van der Waals surface area contributed by atoms with Gasteiger partial charge in [0.25, 0.3) is 5.56 Å². The maximum Gasteiger partial charge on any atom is 0.338 e. The fraction of sp³-hybridized carbons (Fsp3) is 0.250. The van der Waals surface area contributed by atoms with Gasteiger partial charge in [-0.05, 0) is 69.2 Å². The third-order valence-electron chi connectivity index (χ3n) is 7.12. The smallest absolute Gasteiger partial charge is 0.338 e. The second kappa shape index (κ2) is 12.7. The summed E-state index contributed by atoms with van der Waals surface area (Å²) < 4.78 is 25.2. The molecule has 2 aromatic heterocycles. The predicted molar refractivity (Wildman–Crippen MR) is 168 cm³/mol. The van der Waals surface area contributed by atoms with E-state index in [-0.39, 0.29) is 23.3 Å². The highest BCUT2D eigenvalue weighted by Crippen LogP contribution is 2.41. The average molecular weight is 682 g/mol. The summed E-state index contributed by atoms with van der Waals surface area (Å²) in [5.74, 6) is 0.202. The van der Waals surface area contributed by atoms with E-state index in [1.807, 2.05) is 6.92 Å². The summed E-state index contributed by atoms with van der Waals surface area (Å²) in [4.78, 5) is 44.0. The number of rotatable bonds is 9. The first-order chi connectivity index (χ1) is 21.1. The summed E-state index contributed by atoms with van der Waals surface area (Å²) in [6.45, 7) is 7.57. The number of methoxy groups -OCH3 is 1. The Morgan fingerprint density at radius 1 is 1.14 bits per heavy atom. The minimum atomic E-state index is -1.03. The van der Waals surface area contributed by atoms with Crippen molar-refractivity contribution in [3.05, 3.63) is 100 Å². The molecule has 0 unspecified atom stereocenters. The van der Waals surface area contributed by atoms with Crippen molar-refractivity contribution in [2.75, 3.05) is 20.3 Å². The molecule has 12 heteroatoms. The number of ether oxygens (including phenoxy) is 3. The molecule has 3 heterocycles. The normalized spacial score (nSPS) is 14.7. The average Bonchev–Trinajstić information content (AvgIpc) is 3.56. The van der Waals surface area contributed by atoms with E-state index in [1.165, 1.54) is 17.7 Å². The van der Waals surface area contributed by atoms with E-state index < -0.39 is 18.0 Å². The molecule has 0 aliphatic carbocycles. The van der Waals surface area contributed by atoms with E-state index in [4.69, 9.17) is 18.6 Å². The summed E-state index contributed by atoms with van der Waals surface area (Å²) in [6.07, 6.45) is 1.61. The van der Waals surface area contributed by atoms with Crippen molar-refractivity contribution < 1.29 is 33.3 Å². The zero-order valence-electron chi connectivity index (χ0n) is 24.6. The molecule has 1 atom stereocenters. The van der Waals surface area contributed by atoms with Crippen LogP contribution in [0.2, 0.25) is 0 Å². The fourth-order valence-electron chi connectivity index (χ4n) is 5.11. The Morgan fingerprint density at radius 3 is 2.59 bits per heavy atom. The predicted octanol–water partition coefficient (Wildman–Crippen LogP) is 5.23. The highest BCUT2D eigenvalue weighted by atomic mass is 79.9. The van der Waals surface area contributed by atoms with Crippen molar-refractivity contribution in [1.29, 1.82) is 0 Å². The zero-order chi connectivity index (χ0) is 31.7. The highest BCUT2D eigenvalue weighted by Gasteiger charge is 2.35. The third kappa shape index (κ3) is 5.62. The number of esters is 1. The van der Waals surface area contributed by atoms with Crippen molar-refractivity contribution in [2.24, 2.45) is 4.99 Å². The number of carboxylic acid groups (broad SMARTS) is 1. The number of thiazole rings is 1. The molecule has 0 bridgehead atoms. The fourth-order valence-corrected chi connectivity index (χ4v) is 6.68. The number of carbonyl (C=O) groups excluding carboxylic acids is 1. The molecular formula is C32H29BrN2O8S. The van der Waals surface area contributed by atoms with Crippen molar-refractivity contribution in [1.82, 2.24) is 4.57 Å². The van der Waals surface area contributed by atoms with Crippen LogP contribution in [0.3, 0.4) is 0 Å². The van der Waals surface area contributed by atoms with Crippen LogP contribution in [-0.4, -0.2) is 41.9 Å². The van der Waals surface area contributed by atoms with Crippen LogP contribution in [0, 0.1) is 6.92 Å². The Hall–Kier alpha value is -4.42. The molecule has 228 valence electrons. The molecule has 10 nitrogen and oxygen atoms in total. The third-order valence-corrected chi connectivity index (χ3v) is 8.79. The monoisotopic (exact) mass is 680 g/mol. The molecule has 4 aromatic rings. The molecule has 2 aromatic carbocycles. The number of carbonyl (C=O) groups is 2. The van der Waals surface area contributed by atoms with Gasteiger partial charge in [-0.15, -0.1) is 0 Å². The number of carboxylic acids is 1. The highest BCUT2D eigenvalue weighted by molar-refractivity contribution is 9.10. The van der Waals surface area contributed by atoms with Crippen molar-refractivity contribution in [3.8, 4) is 22.8 Å². The number of halogens is 1. The Kier molecular flexibility index (Phi) is 8.93. The number of hydrogen-bond acceptors (Lipinski definition) is 9. The van der Waals surface area contributed by atoms with Gasteiger partial charge in [-0.3, -0.25) is 9.36 Å². The van der Waals surface area contributed by atoms with Gasteiger partial charge in [0.15, 0.2) is 16.3 Å². The van der Waals surface area contributed by atoms with Crippen LogP contribution in [0.15, 0.2) is 72.4 Å². The van der Waals surface area contributed by atoms with E-state index in [0.717, 1.165) is 11.3 Å². The Bertz CT molecular complexity index is 2000. The quantitative estimate of drug-likeness (QED) is 0.238. The van der Waals surface area contributed by atoms with E-state index >= 15 is 0 Å². The second-order valence-electron chi connectivity index (χ2n) is 9.75. The Balaban J connectivity index is 1.67. The molecular weight excluding hydrogens is 652 g/mol. The second-order valence-corrected chi connectivity index (χ2v) is 11.6. The largest absolute Gasteiger partial charge is 0.493 e. The number of hydrogen-bond donors (Lipinski definition) is 1. The molecule has 0 saturated carbocycles. The van der Waals surface area contributed by atoms with E-state index in [2.05, 4.69) is 20.9 Å². The number of aromatic nitrogens is 1. The van der Waals surface area contributed by atoms with Gasteiger partial charge in [-0.2, -0.15) is 0 Å². The van der Waals surface area contributed by atoms with Crippen LogP contribution in [-0.2, 0) is 9.53 Å². The van der Waals surface area contributed by atoms with E-state index in [0.29, 0.717) is 65.8 Å². The lowest BCUT2D eigenvalue weighted by molar-refractivity contribution is -0.139. The van der Waals surface area contributed by atoms with Gasteiger partial charge in [-0.1, -0.05) is 39.4 Å². The van der Waals surface area contributed by atoms with Gasteiger partial charge in [0, 0.05) is 16.1 Å². The topological polar surface area (TPSA) is 130 Å². The molecule has 44 heavy (non-hydrogen) atoms. The molecule has 5 rings (SSSR count). The van der Waals surface area contributed by atoms with Gasteiger partial charge < -0.3 is 23.7 Å². The van der Waals surface area contributed by atoms with Gasteiger partial charge in [-0.25, -0.2) is 14.6 Å². The van der Waals surface area contributed by atoms with Crippen LogP contribution in [0.1, 0.15) is 54.1 Å². The molecule has 1 aliphatic heterocycles. The number of allylic oxidation sites excluding steroid dienone is 1. The van der Waals surface area contributed by atoms with Gasteiger partial charge >= 0.3 is 11.9 Å². The first-order valence-corrected chi connectivity index (χ1v) is 15.3. The molecule has 0 saturated heterocycles. The van der Waals surface area contributed by atoms with Gasteiger partial charge in [0.05, 0.1) is 47.7 Å². The zero-order valence-corrected chi connectivity index (χ0v) is 27.0. The number of benzene rings is 2. The molecule has 0 radical (unpaired) electrons. The van der Waals surface area contributed by atoms with Gasteiger partial charge in [0.2, 0.25) is 0 Å². The summed E-state index contributed by atoms with van der Waals surface area (Å²) >= 11 is 4.78. The Labute approximate surface area is 264 Å². The summed E-state index contributed by atoms with van der Waals surface area (Å²) in [7, 11) is 1.52. The van der Waals surface area contributed by atoms with Crippen LogP contribution < -0.4 is 24.4 Å². The minimum absolute atomic E-state index is 0.149. The van der Waals surface area contributed by atoms with Crippen LogP contribution in [0.5, 0.6) is 11.5 Å². The number of furan rings is 1. The van der Waals surface area contributed by atoms with Crippen molar-refractivity contribution in [2.45, 2.75) is 33.7 Å². The molecule has 0 fully saturated rings. The van der Waals surface area contributed by atoms with Crippen LogP contribution in [0.25, 0.3) is 17.4 Å². The number of aromatic carboxylic acids is 1. The van der Waals surface area contributed by atoms with Crippen LogP contribution >= 0.6 is 27.3 Å².